The second-order valence-electron chi connectivity index (χ2n) is 3.50. The Labute approximate surface area is 109 Å². The number of rotatable bonds is 4. The van der Waals surface area contributed by atoms with Gasteiger partial charge < -0.3 is 14.8 Å². The number of anilines is 2. The molecule has 1 heterocycles. The van der Waals surface area contributed by atoms with Crippen molar-refractivity contribution in [2.75, 3.05) is 24.9 Å². The fraction of sp³-hybridized carbons (Fsp3) is 0.182. The minimum atomic E-state index is -0.430. The molecule has 0 radical (unpaired) electrons. The number of carbonyl (C=O) groups is 1. The van der Waals surface area contributed by atoms with Gasteiger partial charge in [-0.05, 0) is 12.1 Å². The van der Waals surface area contributed by atoms with Crippen LogP contribution in [0.5, 0.6) is 11.5 Å². The molecule has 8 heteroatoms. The first-order chi connectivity index (χ1) is 9.22. The predicted octanol–water partition coefficient (Wildman–Crippen LogP) is 1.47. The third-order valence-electron chi connectivity index (χ3n) is 2.30. The summed E-state index contributed by atoms with van der Waals surface area (Å²) in [6, 6.07) is 4.62. The lowest BCUT2D eigenvalue weighted by molar-refractivity contribution is 0.262. The summed E-state index contributed by atoms with van der Waals surface area (Å²) < 4.78 is 10.2. The fourth-order valence-corrected chi connectivity index (χ4v) is 1.45. The molecule has 8 nitrogen and oxygen atoms in total. The van der Waals surface area contributed by atoms with Gasteiger partial charge in [-0.25, -0.2) is 4.79 Å². The number of hydrogen-bond donors (Lipinski definition) is 3. The van der Waals surface area contributed by atoms with Crippen LogP contribution >= 0.6 is 0 Å². The van der Waals surface area contributed by atoms with Gasteiger partial charge >= 0.3 is 6.03 Å². The number of aromatic amines is 1. The molecule has 1 aromatic heterocycles. The Morgan fingerprint density at radius 2 is 2.00 bits per heavy atom. The Balaban J connectivity index is 2.04. The third kappa shape index (κ3) is 3.12. The molecular formula is C11H13N5O3. The van der Waals surface area contributed by atoms with Crippen molar-refractivity contribution in [2.24, 2.45) is 0 Å². The van der Waals surface area contributed by atoms with Crippen LogP contribution in [0.15, 0.2) is 24.4 Å². The SMILES string of the molecule is COc1ccc(NC(=O)Nc2cn[nH]n2)cc1OC. The van der Waals surface area contributed by atoms with E-state index in [1.807, 2.05) is 0 Å². The average molecular weight is 263 g/mol. The van der Waals surface area contributed by atoms with Crippen LogP contribution in [0, 0.1) is 0 Å². The lowest BCUT2D eigenvalue weighted by Crippen LogP contribution is -2.19. The maximum absolute atomic E-state index is 11.7. The van der Waals surface area contributed by atoms with Crippen LogP contribution < -0.4 is 20.1 Å². The van der Waals surface area contributed by atoms with E-state index in [-0.39, 0.29) is 0 Å². The zero-order chi connectivity index (χ0) is 13.7. The van der Waals surface area contributed by atoms with Crippen molar-refractivity contribution in [1.29, 1.82) is 0 Å². The summed E-state index contributed by atoms with van der Waals surface area (Å²) in [4.78, 5) is 11.7. The molecule has 2 rings (SSSR count). The number of urea groups is 1. The molecule has 3 N–H and O–H groups in total. The molecular weight excluding hydrogens is 250 g/mol. The summed E-state index contributed by atoms with van der Waals surface area (Å²) >= 11 is 0. The summed E-state index contributed by atoms with van der Waals surface area (Å²) in [5.74, 6) is 1.45. The highest BCUT2D eigenvalue weighted by molar-refractivity contribution is 5.99. The van der Waals surface area contributed by atoms with Crippen molar-refractivity contribution in [2.45, 2.75) is 0 Å². The van der Waals surface area contributed by atoms with Gasteiger partial charge in [-0.15, -0.1) is 5.10 Å². The molecule has 19 heavy (non-hydrogen) atoms. The number of carbonyl (C=O) groups excluding carboxylic acids is 1. The van der Waals surface area contributed by atoms with E-state index < -0.39 is 6.03 Å². The van der Waals surface area contributed by atoms with Crippen molar-refractivity contribution in [3.8, 4) is 11.5 Å². The molecule has 0 bridgehead atoms. The molecule has 0 saturated carbocycles. The molecule has 0 unspecified atom stereocenters. The summed E-state index contributed by atoms with van der Waals surface area (Å²) in [5.41, 5.74) is 0.568. The van der Waals surface area contributed by atoms with Crippen LogP contribution in [-0.4, -0.2) is 35.7 Å². The topological polar surface area (TPSA) is 101 Å². The number of benzene rings is 1. The van der Waals surface area contributed by atoms with Gasteiger partial charge in [0, 0.05) is 11.8 Å². The van der Waals surface area contributed by atoms with E-state index in [1.54, 1.807) is 25.3 Å². The van der Waals surface area contributed by atoms with Crippen molar-refractivity contribution in [3.63, 3.8) is 0 Å². The van der Waals surface area contributed by atoms with Gasteiger partial charge in [-0.3, -0.25) is 5.32 Å². The number of aromatic nitrogens is 3. The van der Waals surface area contributed by atoms with Crippen LogP contribution in [0.3, 0.4) is 0 Å². The van der Waals surface area contributed by atoms with E-state index >= 15 is 0 Å². The van der Waals surface area contributed by atoms with Gasteiger partial charge in [0.25, 0.3) is 0 Å². The van der Waals surface area contributed by atoms with Crippen molar-refractivity contribution in [3.05, 3.63) is 24.4 Å². The van der Waals surface area contributed by atoms with E-state index in [2.05, 4.69) is 26.0 Å². The second kappa shape index (κ2) is 5.71. The molecule has 0 atom stereocenters. The van der Waals surface area contributed by atoms with Crippen LogP contribution in [0.1, 0.15) is 0 Å². The quantitative estimate of drug-likeness (QED) is 0.775. The lowest BCUT2D eigenvalue weighted by Gasteiger charge is -2.10. The number of ether oxygens (including phenoxy) is 2. The number of methoxy groups -OCH3 is 2. The van der Waals surface area contributed by atoms with Gasteiger partial charge in [0.2, 0.25) is 0 Å². The van der Waals surface area contributed by atoms with Crippen LogP contribution in [0.2, 0.25) is 0 Å². The number of H-pyrrole nitrogens is 1. The smallest absolute Gasteiger partial charge is 0.324 e. The highest BCUT2D eigenvalue weighted by Gasteiger charge is 2.08. The monoisotopic (exact) mass is 263 g/mol. The average Bonchev–Trinajstić information content (AvgIpc) is 2.91. The van der Waals surface area contributed by atoms with Crippen LogP contribution in [0.25, 0.3) is 0 Å². The predicted molar refractivity (Wildman–Crippen MR) is 68.6 cm³/mol. The number of hydrogen-bond acceptors (Lipinski definition) is 5. The first-order valence-corrected chi connectivity index (χ1v) is 5.38. The number of nitrogens with zero attached hydrogens (tertiary/aromatic N) is 2. The zero-order valence-corrected chi connectivity index (χ0v) is 10.4. The second-order valence-corrected chi connectivity index (χ2v) is 3.50. The van der Waals surface area contributed by atoms with Gasteiger partial charge in [0.1, 0.15) is 0 Å². The van der Waals surface area contributed by atoms with Crippen molar-refractivity contribution >= 4 is 17.5 Å². The van der Waals surface area contributed by atoms with Gasteiger partial charge in [-0.2, -0.15) is 10.3 Å². The summed E-state index contributed by atoms with van der Waals surface area (Å²) in [6.07, 6.45) is 1.40. The molecule has 0 aliphatic rings. The summed E-state index contributed by atoms with van der Waals surface area (Å²) in [6.45, 7) is 0. The van der Waals surface area contributed by atoms with Crippen LogP contribution in [-0.2, 0) is 0 Å². The van der Waals surface area contributed by atoms with Crippen molar-refractivity contribution < 1.29 is 14.3 Å². The first-order valence-electron chi connectivity index (χ1n) is 5.38. The lowest BCUT2D eigenvalue weighted by atomic mass is 10.3. The molecule has 0 saturated heterocycles. The Morgan fingerprint density at radius 3 is 2.63 bits per heavy atom. The molecule has 2 aromatic rings. The fourth-order valence-electron chi connectivity index (χ4n) is 1.45. The largest absolute Gasteiger partial charge is 0.493 e. The molecule has 0 aliphatic heterocycles. The Bertz CT molecular complexity index is 555. The Morgan fingerprint density at radius 1 is 1.21 bits per heavy atom. The zero-order valence-electron chi connectivity index (χ0n) is 10.4. The molecule has 0 fully saturated rings. The van der Waals surface area contributed by atoms with Crippen molar-refractivity contribution in [1.82, 2.24) is 15.4 Å². The summed E-state index contributed by atoms with van der Waals surface area (Å²) in [7, 11) is 3.07. The maximum Gasteiger partial charge on any atom is 0.324 e. The minimum Gasteiger partial charge on any atom is -0.493 e. The van der Waals surface area contributed by atoms with E-state index in [0.717, 1.165) is 0 Å². The van der Waals surface area contributed by atoms with Crippen LogP contribution in [0.4, 0.5) is 16.3 Å². The molecule has 1 aromatic carbocycles. The third-order valence-corrected chi connectivity index (χ3v) is 2.30. The minimum absolute atomic E-state index is 0.331. The van der Waals surface area contributed by atoms with Gasteiger partial charge in [0.05, 0.1) is 20.4 Å². The Kier molecular flexibility index (Phi) is 3.81. The summed E-state index contributed by atoms with van der Waals surface area (Å²) in [5, 5.41) is 14.8. The van der Waals surface area contributed by atoms with Gasteiger partial charge in [-0.1, -0.05) is 0 Å². The normalized spacial score (nSPS) is 9.79. The highest BCUT2D eigenvalue weighted by atomic mass is 16.5. The Hall–Kier alpha value is -2.77. The molecule has 0 spiro atoms. The van der Waals surface area contributed by atoms with Gasteiger partial charge in [0.15, 0.2) is 17.3 Å². The van der Waals surface area contributed by atoms with E-state index in [4.69, 9.17) is 9.47 Å². The molecule has 100 valence electrons. The molecule has 2 amide bonds. The standard InChI is InChI=1S/C11H13N5O3/c1-18-8-4-3-7(5-9(8)19-2)13-11(17)14-10-6-12-16-15-10/h3-6H,1-2H3,(H3,12,13,14,15,16,17). The van der Waals surface area contributed by atoms with E-state index in [0.29, 0.717) is 23.0 Å². The highest BCUT2D eigenvalue weighted by Crippen LogP contribution is 2.29. The van der Waals surface area contributed by atoms with E-state index in [1.165, 1.54) is 13.3 Å². The maximum atomic E-state index is 11.7. The first kappa shape index (κ1) is 12.7. The molecule has 0 aliphatic carbocycles. The van der Waals surface area contributed by atoms with E-state index in [9.17, 15) is 4.79 Å². The number of amides is 2. The number of nitrogens with one attached hydrogen (secondary N) is 3.